The van der Waals surface area contributed by atoms with Crippen molar-refractivity contribution in [1.29, 1.82) is 0 Å². The van der Waals surface area contributed by atoms with Crippen molar-refractivity contribution < 1.29 is 14.1 Å². The molecule has 1 aliphatic rings. The van der Waals surface area contributed by atoms with Gasteiger partial charge in [0.05, 0.1) is 27.6 Å². The normalized spacial score (nSPS) is 23.7. The fourth-order valence-electron chi connectivity index (χ4n) is 2.79. The predicted molar refractivity (Wildman–Crippen MR) is 107 cm³/mol. The third-order valence-corrected chi connectivity index (χ3v) is 7.21. The van der Waals surface area contributed by atoms with E-state index >= 15 is 0 Å². The SMILES string of the molecule is NC1CCS(=O)(CCC(O)c2ccc(-c3ccc(Cl)cc3Cl)cn2)=NC1=O. The van der Waals surface area contributed by atoms with Gasteiger partial charge < -0.3 is 10.8 Å². The molecule has 0 saturated carbocycles. The Kier molecular flexibility index (Phi) is 6.18. The molecule has 9 heteroatoms. The minimum atomic E-state index is -2.66. The van der Waals surface area contributed by atoms with Crippen molar-refractivity contribution in [1.82, 2.24) is 4.98 Å². The molecule has 0 saturated heterocycles. The number of hydrogen-bond donors (Lipinski definition) is 2. The summed E-state index contributed by atoms with van der Waals surface area (Å²) in [6.45, 7) is 0. The zero-order valence-corrected chi connectivity index (χ0v) is 16.7. The van der Waals surface area contributed by atoms with Gasteiger partial charge in [-0.25, -0.2) is 4.21 Å². The lowest BCUT2D eigenvalue weighted by atomic mass is 10.1. The fourth-order valence-corrected chi connectivity index (χ4v) is 5.37. The van der Waals surface area contributed by atoms with E-state index in [0.717, 1.165) is 11.1 Å². The van der Waals surface area contributed by atoms with Gasteiger partial charge in [-0.2, -0.15) is 4.36 Å². The molecule has 0 bridgehead atoms. The van der Waals surface area contributed by atoms with Crippen LogP contribution in [-0.2, 0) is 14.5 Å². The highest BCUT2D eigenvalue weighted by molar-refractivity contribution is 7.93. The van der Waals surface area contributed by atoms with Crippen LogP contribution in [0.15, 0.2) is 40.9 Å². The van der Waals surface area contributed by atoms with E-state index in [2.05, 4.69) is 9.35 Å². The van der Waals surface area contributed by atoms with Gasteiger partial charge in [-0.15, -0.1) is 0 Å². The summed E-state index contributed by atoms with van der Waals surface area (Å²) in [5.74, 6) is -0.129. The lowest BCUT2D eigenvalue weighted by Gasteiger charge is -2.19. The van der Waals surface area contributed by atoms with Gasteiger partial charge in [-0.3, -0.25) is 9.78 Å². The van der Waals surface area contributed by atoms with Crippen LogP contribution in [0.1, 0.15) is 24.6 Å². The van der Waals surface area contributed by atoms with Crippen molar-refractivity contribution in [2.45, 2.75) is 25.0 Å². The molecule has 1 aliphatic heterocycles. The molecule has 3 unspecified atom stereocenters. The molecular formula is C18H19Cl2N3O3S. The number of nitrogens with two attached hydrogens (primary N) is 1. The monoisotopic (exact) mass is 427 g/mol. The van der Waals surface area contributed by atoms with Crippen LogP contribution in [0.2, 0.25) is 10.0 Å². The van der Waals surface area contributed by atoms with Crippen LogP contribution in [0.4, 0.5) is 0 Å². The number of rotatable bonds is 5. The van der Waals surface area contributed by atoms with Gasteiger partial charge in [0.25, 0.3) is 5.91 Å². The molecule has 2 heterocycles. The maximum atomic E-state index is 12.6. The van der Waals surface area contributed by atoms with E-state index in [4.69, 9.17) is 28.9 Å². The van der Waals surface area contributed by atoms with Gasteiger partial charge in [0.15, 0.2) is 0 Å². The summed E-state index contributed by atoms with van der Waals surface area (Å²) >= 11 is 12.1. The highest BCUT2D eigenvalue weighted by Crippen LogP contribution is 2.30. The smallest absolute Gasteiger partial charge is 0.270 e. The number of hydrogen-bond acceptors (Lipinski definition) is 5. The summed E-state index contributed by atoms with van der Waals surface area (Å²) in [5.41, 5.74) is 7.61. The average Bonchev–Trinajstić information content (AvgIpc) is 2.64. The molecule has 0 fully saturated rings. The van der Waals surface area contributed by atoms with Crippen molar-refractivity contribution in [3.63, 3.8) is 0 Å². The van der Waals surface area contributed by atoms with Gasteiger partial charge in [-0.05, 0) is 31.0 Å². The highest BCUT2D eigenvalue weighted by atomic mass is 35.5. The van der Waals surface area contributed by atoms with Crippen molar-refractivity contribution in [3.05, 3.63) is 52.3 Å². The Morgan fingerprint density at radius 2 is 2.07 bits per heavy atom. The number of carbonyl (C=O) groups is 1. The van der Waals surface area contributed by atoms with Crippen LogP contribution in [0.25, 0.3) is 11.1 Å². The number of aliphatic hydroxyl groups is 1. The van der Waals surface area contributed by atoms with E-state index in [1.807, 2.05) is 0 Å². The van der Waals surface area contributed by atoms with E-state index in [-0.39, 0.29) is 17.9 Å². The second kappa shape index (κ2) is 8.24. The molecule has 0 spiro atoms. The number of amides is 1. The first-order valence-corrected chi connectivity index (χ1v) is 11.0. The number of benzene rings is 1. The van der Waals surface area contributed by atoms with E-state index in [1.165, 1.54) is 0 Å². The first kappa shape index (κ1) is 20.2. The Labute approximate surface area is 167 Å². The van der Waals surface area contributed by atoms with Gasteiger partial charge in [0.2, 0.25) is 0 Å². The highest BCUT2D eigenvalue weighted by Gasteiger charge is 2.25. The first-order chi connectivity index (χ1) is 12.8. The minimum absolute atomic E-state index is 0.124. The standard InChI is InChI=1S/C18H19Cl2N3O3S/c19-12-2-3-13(14(20)9-12)11-1-4-16(22-10-11)17(24)6-8-27(26)7-5-15(21)18(25)23-27/h1-4,9-10,15,17,24H,5-8,21H2. The fraction of sp³-hybridized carbons (Fsp3) is 0.333. The van der Waals surface area contributed by atoms with Crippen LogP contribution in [-0.4, -0.2) is 37.8 Å². The molecule has 3 rings (SSSR count). The molecule has 1 amide bonds. The minimum Gasteiger partial charge on any atom is -0.387 e. The Balaban J connectivity index is 1.69. The van der Waals surface area contributed by atoms with Crippen LogP contribution in [0, 0.1) is 0 Å². The number of halogens is 2. The Bertz CT molecular complexity index is 972. The molecule has 1 aromatic heterocycles. The number of aromatic nitrogens is 1. The molecule has 144 valence electrons. The molecule has 6 nitrogen and oxygen atoms in total. The summed E-state index contributed by atoms with van der Waals surface area (Å²) in [4.78, 5) is 15.9. The molecule has 0 radical (unpaired) electrons. The van der Waals surface area contributed by atoms with Crippen molar-refractivity contribution in [2.24, 2.45) is 10.1 Å². The van der Waals surface area contributed by atoms with E-state index in [9.17, 15) is 14.1 Å². The second-order valence-electron chi connectivity index (χ2n) is 6.41. The van der Waals surface area contributed by atoms with Crippen molar-refractivity contribution >= 4 is 38.8 Å². The zero-order valence-electron chi connectivity index (χ0n) is 14.3. The second-order valence-corrected chi connectivity index (χ2v) is 9.79. The number of carbonyl (C=O) groups excluding carboxylic acids is 1. The molecule has 3 atom stereocenters. The van der Waals surface area contributed by atoms with Crippen LogP contribution in [0.3, 0.4) is 0 Å². The summed E-state index contributed by atoms with van der Waals surface area (Å²) in [6, 6.07) is 8.01. The lowest BCUT2D eigenvalue weighted by Crippen LogP contribution is -2.37. The maximum absolute atomic E-state index is 12.6. The zero-order chi connectivity index (χ0) is 19.6. The van der Waals surface area contributed by atoms with Crippen LogP contribution in [0.5, 0.6) is 0 Å². The largest absolute Gasteiger partial charge is 0.387 e. The van der Waals surface area contributed by atoms with E-state index in [0.29, 0.717) is 22.2 Å². The van der Waals surface area contributed by atoms with Crippen molar-refractivity contribution in [2.75, 3.05) is 11.5 Å². The third-order valence-electron chi connectivity index (χ3n) is 4.40. The van der Waals surface area contributed by atoms with Crippen LogP contribution < -0.4 is 5.73 Å². The van der Waals surface area contributed by atoms with Gasteiger partial charge in [0.1, 0.15) is 0 Å². The summed E-state index contributed by atoms with van der Waals surface area (Å²) in [5, 5.41) is 11.4. The molecule has 3 N–H and O–H groups in total. The van der Waals surface area contributed by atoms with Gasteiger partial charge >= 0.3 is 0 Å². The summed E-state index contributed by atoms with van der Waals surface area (Å²) < 4.78 is 16.3. The molecular weight excluding hydrogens is 409 g/mol. The van der Waals surface area contributed by atoms with Crippen molar-refractivity contribution in [3.8, 4) is 11.1 Å². The maximum Gasteiger partial charge on any atom is 0.270 e. The van der Waals surface area contributed by atoms with E-state index < -0.39 is 27.8 Å². The number of nitrogens with zero attached hydrogens (tertiary/aromatic N) is 2. The first-order valence-electron chi connectivity index (χ1n) is 8.39. The Morgan fingerprint density at radius 3 is 2.70 bits per heavy atom. The number of pyridine rings is 1. The van der Waals surface area contributed by atoms with Gasteiger partial charge in [0, 0.05) is 38.9 Å². The lowest BCUT2D eigenvalue weighted by molar-refractivity contribution is -0.119. The molecule has 2 aromatic rings. The third kappa shape index (κ3) is 4.86. The quantitative estimate of drug-likeness (QED) is 0.761. The Hall–Kier alpha value is -1.51. The molecule has 0 aliphatic carbocycles. The average molecular weight is 428 g/mol. The topological polar surface area (TPSA) is 106 Å². The summed E-state index contributed by atoms with van der Waals surface area (Å²) in [6.07, 6.45) is 1.25. The van der Waals surface area contributed by atoms with Crippen LogP contribution >= 0.6 is 23.2 Å². The Morgan fingerprint density at radius 1 is 1.30 bits per heavy atom. The number of aliphatic hydroxyl groups excluding tert-OH is 1. The predicted octanol–water partition coefficient (Wildman–Crippen LogP) is 3.20. The molecule has 27 heavy (non-hydrogen) atoms. The van der Waals surface area contributed by atoms with Gasteiger partial charge in [-0.1, -0.05) is 35.3 Å². The molecule has 1 aromatic carbocycles. The van der Waals surface area contributed by atoms with E-state index in [1.54, 1.807) is 36.5 Å². The summed E-state index contributed by atoms with van der Waals surface area (Å²) in [7, 11) is -2.66.